The van der Waals surface area contributed by atoms with Gasteiger partial charge in [0, 0.05) is 24.6 Å². The molecule has 22 heavy (non-hydrogen) atoms. The Balaban J connectivity index is 1.70. The molecule has 1 aliphatic rings. The van der Waals surface area contributed by atoms with E-state index < -0.39 is 6.10 Å². The molecule has 0 aliphatic carbocycles. The Morgan fingerprint density at radius 1 is 1.05 bits per heavy atom. The lowest BCUT2D eigenvalue weighted by molar-refractivity contribution is 0.0401. The van der Waals surface area contributed by atoms with Crippen LogP contribution in [0.25, 0.3) is 0 Å². The maximum absolute atomic E-state index is 12.5. The summed E-state index contributed by atoms with van der Waals surface area (Å²) in [6, 6.07) is 19.1. The van der Waals surface area contributed by atoms with E-state index in [-0.39, 0.29) is 11.8 Å². The minimum Gasteiger partial charge on any atom is -0.388 e. The first-order valence-corrected chi connectivity index (χ1v) is 7.83. The van der Waals surface area contributed by atoms with Gasteiger partial charge >= 0.3 is 0 Å². The molecule has 1 fully saturated rings. The molecule has 3 nitrogen and oxygen atoms in total. The number of likely N-dealkylation sites (tertiary alicyclic amines) is 1. The molecule has 114 valence electrons. The van der Waals surface area contributed by atoms with Crippen LogP contribution < -0.4 is 0 Å². The van der Waals surface area contributed by atoms with E-state index in [9.17, 15) is 9.90 Å². The Morgan fingerprint density at radius 2 is 1.68 bits per heavy atom. The molecule has 0 spiro atoms. The number of carbonyl (C=O) groups excluding carboxylic acids is 1. The van der Waals surface area contributed by atoms with Gasteiger partial charge in [-0.2, -0.15) is 0 Å². The molecule has 2 atom stereocenters. The SMILES string of the molecule is O=C(c1ccccc1)N1CCCC([C@@H](O)c2ccccc2)C1. The zero-order chi connectivity index (χ0) is 15.4. The number of hydrogen-bond donors (Lipinski definition) is 1. The van der Waals surface area contributed by atoms with Crippen LogP contribution in [0.15, 0.2) is 60.7 Å². The minimum absolute atomic E-state index is 0.0607. The number of aliphatic hydroxyl groups is 1. The summed E-state index contributed by atoms with van der Waals surface area (Å²) in [5.74, 6) is 0.161. The predicted molar refractivity (Wildman–Crippen MR) is 86.5 cm³/mol. The third-order valence-electron chi connectivity index (χ3n) is 4.35. The molecule has 0 bridgehead atoms. The number of aliphatic hydroxyl groups excluding tert-OH is 1. The van der Waals surface area contributed by atoms with Gasteiger partial charge in [-0.05, 0) is 30.5 Å². The fourth-order valence-electron chi connectivity index (χ4n) is 3.14. The fraction of sp³-hybridized carbons (Fsp3) is 0.316. The first-order chi connectivity index (χ1) is 10.8. The first-order valence-electron chi connectivity index (χ1n) is 7.83. The Morgan fingerprint density at radius 3 is 2.36 bits per heavy atom. The van der Waals surface area contributed by atoms with Crippen LogP contribution in [0.4, 0.5) is 0 Å². The quantitative estimate of drug-likeness (QED) is 0.944. The van der Waals surface area contributed by atoms with E-state index in [0.29, 0.717) is 6.54 Å². The maximum atomic E-state index is 12.5. The molecule has 1 unspecified atom stereocenters. The number of amides is 1. The largest absolute Gasteiger partial charge is 0.388 e. The van der Waals surface area contributed by atoms with Crippen LogP contribution in [0.3, 0.4) is 0 Å². The van der Waals surface area contributed by atoms with Gasteiger partial charge in [-0.25, -0.2) is 0 Å². The highest BCUT2D eigenvalue weighted by molar-refractivity contribution is 5.94. The van der Waals surface area contributed by atoms with Crippen molar-refractivity contribution in [3.05, 3.63) is 71.8 Å². The molecule has 1 aliphatic heterocycles. The monoisotopic (exact) mass is 295 g/mol. The minimum atomic E-state index is -0.507. The number of rotatable bonds is 3. The summed E-state index contributed by atoms with van der Waals surface area (Å²) >= 11 is 0. The van der Waals surface area contributed by atoms with Gasteiger partial charge in [-0.15, -0.1) is 0 Å². The van der Waals surface area contributed by atoms with Crippen molar-refractivity contribution in [2.45, 2.75) is 18.9 Å². The summed E-state index contributed by atoms with van der Waals surface area (Å²) < 4.78 is 0. The number of piperidine rings is 1. The molecule has 1 N–H and O–H groups in total. The molecule has 1 saturated heterocycles. The zero-order valence-corrected chi connectivity index (χ0v) is 12.6. The number of benzene rings is 2. The van der Waals surface area contributed by atoms with Gasteiger partial charge in [0.15, 0.2) is 0 Å². The summed E-state index contributed by atoms with van der Waals surface area (Å²) in [4.78, 5) is 14.4. The average Bonchev–Trinajstić information content (AvgIpc) is 2.62. The van der Waals surface area contributed by atoms with Gasteiger partial charge in [0.25, 0.3) is 5.91 Å². The number of hydrogen-bond acceptors (Lipinski definition) is 2. The van der Waals surface area contributed by atoms with Crippen LogP contribution in [0, 0.1) is 5.92 Å². The summed E-state index contributed by atoms with van der Waals surface area (Å²) in [5, 5.41) is 10.6. The third-order valence-corrected chi connectivity index (χ3v) is 4.35. The van der Waals surface area contributed by atoms with Crippen molar-refractivity contribution in [3.8, 4) is 0 Å². The molecular formula is C19H21NO2. The van der Waals surface area contributed by atoms with E-state index >= 15 is 0 Å². The highest BCUT2D eigenvalue weighted by Crippen LogP contribution is 2.30. The van der Waals surface area contributed by atoms with E-state index in [1.165, 1.54) is 0 Å². The average molecular weight is 295 g/mol. The topological polar surface area (TPSA) is 40.5 Å². The number of carbonyl (C=O) groups is 1. The Labute approximate surface area is 131 Å². The van der Waals surface area contributed by atoms with Crippen LogP contribution in [0.1, 0.15) is 34.9 Å². The Kier molecular flexibility index (Phi) is 4.54. The van der Waals surface area contributed by atoms with Gasteiger partial charge < -0.3 is 10.0 Å². The lowest BCUT2D eigenvalue weighted by Crippen LogP contribution is -2.41. The van der Waals surface area contributed by atoms with Crippen LogP contribution in [-0.4, -0.2) is 29.0 Å². The van der Waals surface area contributed by atoms with Crippen molar-refractivity contribution in [1.29, 1.82) is 0 Å². The fourth-order valence-corrected chi connectivity index (χ4v) is 3.14. The van der Waals surface area contributed by atoms with E-state index in [1.807, 2.05) is 65.6 Å². The Bertz CT molecular complexity index is 612. The molecule has 2 aromatic rings. The van der Waals surface area contributed by atoms with Crippen LogP contribution >= 0.6 is 0 Å². The van der Waals surface area contributed by atoms with Crippen molar-refractivity contribution in [2.24, 2.45) is 5.92 Å². The van der Waals surface area contributed by atoms with Gasteiger partial charge in [0.2, 0.25) is 0 Å². The van der Waals surface area contributed by atoms with Crippen molar-refractivity contribution in [2.75, 3.05) is 13.1 Å². The van der Waals surface area contributed by atoms with Crippen molar-refractivity contribution in [1.82, 2.24) is 4.90 Å². The number of nitrogens with zero attached hydrogens (tertiary/aromatic N) is 1. The molecule has 1 heterocycles. The molecule has 3 rings (SSSR count). The molecule has 0 radical (unpaired) electrons. The van der Waals surface area contributed by atoms with E-state index in [4.69, 9.17) is 0 Å². The summed E-state index contributed by atoms with van der Waals surface area (Å²) in [7, 11) is 0. The smallest absolute Gasteiger partial charge is 0.253 e. The van der Waals surface area contributed by atoms with Crippen molar-refractivity contribution < 1.29 is 9.90 Å². The highest BCUT2D eigenvalue weighted by Gasteiger charge is 2.29. The molecule has 3 heteroatoms. The van der Waals surface area contributed by atoms with E-state index in [2.05, 4.69) is 0 Å². The van der Waals surface area contributed by atoms with Crippen molar-refractivity contribution in [3.63, 3.8) is 0 Å². The van der Waals surface area contributed by atoms with E-state index in [1.54, 1.807) is 0 Å². The first kappa shape index (κ1) is 14.8. The lowest BCUT2D eigenvalue weighted by Gasteiger charge is -2.35. The second-order valence-corrected chi connectivity index (χ2v) is 5.88. The van der Waals surface area contributed by atoms with Gasteiger partial charge in [0.05, 0.1) is 6.10 Å². The predicted octanol–water partition coefficient (Wildman–Crippen LogP) is 3.27. The second kappa shape index (κ2) is 6.75. The molecule has 0 saturated carbocycles. The second-order valence-electron chi connectivity index (χ2n) is 5.88. The summed E-state index contributed by atoms with van der Waals surface area (Å²) in [6.45, 7) is 1.38. The van der Waals surface area contributed by atoms with Crippen LogP contribution in [0.2, 0.25) is 0 Å². The summed E-state index contributed by atoms with van der Waals surface area (Å²) in [5.41, 5.74) is 1.65. The lowest BCUT2D eigenvalue weighted by atomic mass is 9.88. The molecule has 2 aromatic carbocycles. The highest BCUT2D eigenvalue weighted by atomic mass is 16.3. The third kappa shape index (κ3) is 3.20. The molecular weight excluding hydrogens is 274 g/mol. The van der Waals surface area contributed by atoms with Gasteiger partial charge in [-0.1, -0.05) is 48.5 Å². The van der Waals surface area contributed by atoms with E-state index in [0.717, 1.165) is 30.5 Å². The standard InChI is InChI=1S/C19H21NO2/c21-18(15-8-3-1-4-9-15)17-12-7-13-20(14-17)19(22)16-10-5-2-6-11-16/h1-6,8-11,17-18,21H,7,12-14H2/t17?,18-/m0/s1. The summed E-state index contributed by atoms with van der Waals surface area (Å²) in [6.07, 6.45) is 1.38. The normalized spacial score (nSPS) is 19.7. The molecule has 0 aromatic heterocycles. The van der Waals surface area contributed by atoms with Gasteiger partial charge in [-0.3, -0.25) is 4.79 Å². The zero-order valence-electron chi connectivity index (χ0n) is 12.6. The van der Waals surface area contributed by atoms with Gasteiger partial charge in [0.1, 0.15) is 0 Å². The maximum Gasteiger partial charge on any atom is 0.253 e. The van der Waals surface area contributed by atoms with Crippen LogP contribution in [0.5, 0.6) is 0 Å². The molecule has 1 amide bonds. The Hall–Kier alpha value is -2.13. The van der Waals surface area contributed by atoms with Crippen molar-refractivity contribution >= 4 is 5.91 Å². The van der Waals surface area contributed by atoms with Crippen LogP contribution in [-0.2, 0) is 0 Å².